The number of anilines is 1. The van der Waals surface area contributed by atoms with Crippen molar-refractivity contribution < 1.29 is 10.2 Å². The van der Waals surface area contributed by atoms with Gasteiger partial charge in [-0.3, -0.25) is 13.9 Å². The minimum absolute atomic E-state index is 0.0400. The molecular weight excluding hydrogens is 374 g/mol. The molecule has 0 bridgehead atoms. The van der Waals surface area contributed by atoms with E-state index in [2.05, 4.69) is 10.3 Å². The molecule has 0 saturated carbocycles. The molecule has 0 aliphatic rings. The largest absolute Gasteiger partial charge is 0.394 e. The lowest BCUT2D eigenvalue weighted by atomic mass is 10.2. The van der Waals surface area contributed by atoms with Crippen molar-refractivity contribution in [2.24, 2.45) is 14.1 Å². The molecule has 2 heterocycles. The number of benzene rings is 1. The van der Waals surface area contributed by atoms with E-state index in [9.17, 15) is 14.7 Å². The molecule has 3 N–H and O–H groups in total. The van der Waals surface area contributed by atoms with Gasteiger partial charge in [-0.15, -0.1) is 0 Å². The first kappa shape index (κ1) is 19.2. The number of aliphatic hydroxyl groups is 2. The van der Waals surface area contributed by atoms with Gasteiger partial charge < -0.3 is 20.1 Å². The van der Waals surface area contributed by atoms with Crippen LogP contribution in [0, 0.1) is 0 Å². The summed E-state index contributed by atoms with van der Waals surface area (Å²) in [5.41, 5.74) is 0.129. The van der Waals surface area contributed by atoms with Crippen molar-refractivity contribution in [2.75, 3.05) is 18.5 Å². The van der Waals surface area contributed by atoms with E-state index >= 15 is 0 Å². The number of hydrogen-bond donors (Lipinski definition) is 3. The topological polar surface area (TPSA) is 114 Å². The molecular formula is C17H20ClN5O4. The number of nitrogens with one attached hydrogen (secondary N) is 1. The fourth-order valence-corrected chi connectivity index (χ4v) is 3.01. The molecule has 27 heavy (non-hydrogen) atoms. The Morgan fingerprint density at radius 1 is 1.22 bits per heavy atom. The molecule has 1 aromatic carbocycles. The van der Waals surface area contributed by atoms with Gasteiger partial charge in [-0.25, -0.2) is 4.79 Å². The Balaban J connectivity index is 2.12. The molecule has 9 nitrogen and oxygen atoms in total. The number of fused-ring (bicyclic) bond motifs is 1. The average molecular weight is 394 g/mol. The van der Waals surface area contributed by atoms with Gasteiger partial charge in [0.25, 0.3) is 5.56 Å². The fourth-order valence-electron chi connectivity index (χ4n) is 2.81. The van der Waals surface area contributed by atoms with Gasteiger partial charge in [0.1, 0.15) is 0 Å². The summed E-state index contributed by atoms with van der Waals surface area (Å²) < 4.78 is 3.92. The van der Waals surface area contributed by atoms with Gasteiger partial charge in [0.15, 0.2) is 11.2 Å². The highest BCUT2D eigenvalue weighted by Gasteiger charge is 2.19. The van der Waals surface area contributed by atoms with Crippen molar-refractivity contribution in [1.29, 1.82) is 0 Å². The van der Waals surface area contributed by atoms with Crippen LogP contribution in [0.5, 0.6) is 0 Å². The molecule has 3 aromatic rings. The van der Waals surface area contributed by atoms with Crippen molar-refractivity contribution in [3.8, 4) is 0 Å². The van der Waals surface area contributed by atoms with Gasteiger partial charge in [0, 0.05) is 25.7 Å². The fraction of sp³-hybridized carbons (Fsp3) is 0.353. The van der Waals surface area contributed by atoms with Gasteiger partial charge in [-0.05, 0) is 11.6 Å². The lowest BCUT2D eigenvalue weighted by molar-refractivity contribution is 0.105. The highest BCUT2D eigenvalue weighted by molar-refractivity contribution is 6.31. The average Bonchev–Trinajstić information content (AvgIpc) is 2.99. The highest BCUT2D eigenvalue weighted by Crippen LogP contribution is 2.16. The van der Waals surface area contributed by atoms with Crippen LogP contribution in [0.4, 0.5) is 5.95 Å². The number of nitrogens with zero attached hydrogens (tertiary/aromatic N) is 4. The SMILES string of the molecule is Cn1c(NC[C@H](O)CO)nc2c1c(=O)n(Cc1ccccc1Cl)c(=O)n2C. The maximum atomic E-state index is 13.0. The molecule has 144 valence electrons. The lowest BCUT2D eigenvalue weighted by Crippen LogP contribution is -2.39. The first-order chi connectivity index (χ1) is 12.8. The minimum Gasteiger partial charge on any atom is -0.394 e. The maximum absolute atomic E-state index is 13.0. The second-order valence-electron chi connectivity index (χ2n) is 6.21. The third-order valence-electron chi connectivity index (χ3n) is 4.35. The van der Waals surface area contributed by atoms with Gasteiger partial charge in [-0.2, -0.15) is 4.98 Å². The normalized spacial score (nSPS) is 12.5. The summed E-state index contributed by atoms with van der Waals surface area (Å²) in [7, 11) is 3.17. The van der Waals surface area contributed by atoms with E-state index in [1.165, 1.54) is 16.2 Å². The molecule has 10 heteroatoms. The van der Waals surface area contributed by atoms with Crippen LogP contribution in [0.1, 0.15) is 5.56 Å². The maximum Gasteiger partial charge on any atom is 0.332 e. The van der Waals surface area contributed by atoms with Crippen LogP contribution < -0.4 is 16.6 Å². The van der Waals surface area contributed by atoms with E-state index in [-0.39, 0.29) is 24.3 Å². The highest BCUT2D eigenvalue weighted by atomic mass is 35.5. The van der Waals surface area contributed by atoms with Gasteiger partial charge in [0.05, 0.1) is 19.3 Å². The van der Waals surface area contributed by atoms with Crippen molar-refractivity contribution in [3.63, 3.8) is 0 Å². The predicted octanol–water partition coefficient (Wildman–Crippen LogP) is -0.0995. The third kappa shape index (κ3) is 3.48. The Hall–Kier alpha value is -2.62. The quantitative estimate of drug-likeness (QED) is 0.539. The second-order valence-corrected chi connectivity index (χ2v) is 6.62. The standard InChI is InChI=1S/C17H20ClN5O4/c1-21-13-14(20-16(21)19-7-11(25)9-24)22(2)17(27)23(15(13)26)8-10-5-3-4-6-12(10)18/h3-6,11,24-25H,7-9H2,1-2H3,(H,19,20)/t11-/m0/s1. The molecule has 2 aromatic heterocycles. The Bertz CT molecular complexity index is 1100. The van der Waals surface area contributed by atoms with E-state index in [1.54, 1.807) is 31.3 Å². The number of aryl methyl sites for hydroxylation is 2. The molecule has 0 fully saturated rings. The van der Waals surface area contributed by atoms with E-state index < -0.39 is 24.0 Å². The van der Waals surface area contributed by atoms with E-state index in [1.807, 2.05) is 0 Å². The summed E-state index contributed by atoms with van der Waals surface area (Å²) in [6.45, 7) is -0.312. The zero-order valence-electron chi connectivity index (χ0n) is 14.9. The zero-order valence-corrected chi connectivity index (χ0v) is 15.6. The van der Waals surface area contributed by atoms with Crippen LogP contribution in [0.15, 0.2) is 33.9 Å². The summed E-state index contributed by atoms with van der Waals surface area (Å²) in [5.74, 6) is 0.306. The van der Waals surface area contributed by atoms with Gasteiger partial charge in [-0.1, -0.05) is 29.8 Å². The molecule has 0 saturated heterocycles. The minimum atomic E-state index is -0.967. The number of rotatable bonds is 6. The summed E-state index contributed by atoms with van der Waals surface area (Å²) in [5, 5.41) is 21.7. The Morgan fingerprint density at radius 2 is 1.93 bits per heavy atom. The van der Waals surface area contributed by atoms with Crippen molar-refractivity contribution in [1.82, 2.24) is 18.7 Å². The van der Waals surface area contributed by atoms with E-state index in [0.717, 1.165) is 4.57 Å². The number of hydrogen-bond acceptors (Lipinski definition) is 6. The molecule has 0 aliphatic carbocycles. The van der Waals surface area contributed by atoms with Crippen molar-refractivity contribution >= 4 is 28.7 Å². The van der Waals surface area contributed by atoms with E-state index in [0.29, 0.717) is 16.5 Å². The van der Waals surface area contributed by atoms with Crippen LogP contribution in [0.3, 0.4) is 0 Å². The molecule has 0 radical (unpaired) electrons. The Labute approximate surface area is 159 Å². The summed E-state index contributed by atoms with van der Waals surface area (Å²) >= 11 is 6.16. The summed E-state index contributed by atoms with van der Waals surface area (Å²) in [6.07, 6.45) is -0.967. The molecule has 0 aliphatic heterocycles. The van der Waals surface area contributed by atoms with Crippen LogP contribution in [-0.2, 0) is 20.6 Å². The molecule has 0 spiro atoms. The first-order valence-electron chi connectivity index (χ1n) is 8.27. The van der Waals surface area contributed by atoms with Crippen molar-refractivity contribution in [2.45, 2.75) is 12.6 Å². The molecule has 0 amide bonds. The lowest BCUT2D eigenvalue weighted by Gasteiger charge is -2.10. The smallest absolute Gasteiger partial charge is 0.332 e. The molecule has 3 rings (SSSR count). The monoisotopic (exact) mass is 393 g/mol. The van der Waals surface area contributed by atoms with Gasteiger partial charge >= 0.3 is 5.69 Å². The molecule has 0 unspecified atom stereocenters. The number of aromatic nitrogens is 4. The number of aliphatic hydroxyl groups excluding tert-OH is 2. The second kappa shape index (κ2) is 7.55. The van der Waals surface area contributed by atoms with Crippen LogP contribution in [0.25, 0.3) is 11.2 Å². The molecule has 1 atom stereocenters. The Kier molecular flexibility index (Phi) is 5.36. The zero-order chi connectivity index (χ0) is 19.7. The predicted molar refractivity (Wildman–Crippen MR) is 102 cm³/mol. The third-order valence-corrected chi connectivity index (χ3v) is 4.72. The van der Waals surface area contributed by atoms with Crippen LogP contribution >= 0.6 is 11.6 Å². The summed E-state index contributed by atoms with van der Waals surface area (Å²) in [6, 6.07) is 7.01. The number of halogens is 1. The van der Waals surface area contributed by atoms with Crippen molar-refractivity contribution in [3.05, 3.63) is 55.7 Å². The Morgan fingerprint density at radius 3 is 2.59 bits per heavy atom. The van der Waals surface area contributed by atoms with Crippen LogP contribution in [-0.4, -0.2) is 48.2 Å². The van der Waals surface area contributed by atoms with Gasteiger partial charge in [0.2, 0.25) is 5.95 Å². The first-order valence-corrected chi connectivity index (χ1v) is 8.65. The number of imidazole rings is 1. The summed E-state index contributed by atoms with van der Waals surface area (Å²) in [4.78, 5) is 30.0. The van der Waals surface area contributed by atoms with E-state index in [4.69, 9.17) is 16.7 Å². The van der Waals surface area contributed by atoms with Crippen LogP contribution in [0.2, 0.25) is 5.02 Å².